The molecule has 8 heavy (non-hydrogen) atoms. The van der Waals surface area contributed by atoms with Crippen LogP contribution < -0.4 is 5.32 Å². The van der Waals surface area contributed by atoms with E-state index in [2.05, 4.69) is 73.1 Å². The van der Waals surface area contributed by atoms with Crippen LogP contribution in [0.4, 0.5) is 0 Å². The first-order chi connectivity index (χ1) is 3.48. The molecular formula is C3H4I3NO. The average molecular weight is 451 g/mol. The standard InChI is InChI=1S/C3H4I3NO/c1-7-2(8)3(4,5)6/h1H3,(H,7,8). The van der Waals surface area contributed by atoms with Crippen molar-refractivity contribution in [2.75, 3.05) is 7.05 Å². The lowest BCUT2D eigenvalue weighted by Crippen LogP contribution is -2.29. The summed E-state index contributed by atoms with van der Waals surface area (Å²) in [5, 5.41) is 2.54. The van der Waals surface area contributed by atoms with Crippen molar-refractivity contribution >= 4 is 73.7 Å². The Balaban J connectivity index is 3.82. The lowest BCUT2D eigenvalue weighted by Gasteiger charge is -2.08. The SMILES string of the molecule is CNC(=O)C(I)(I)I. The van der Waals surface area contributed by atoms with Crippen molar-refractivity contribution in [1.82, 2.24) is 5.32 Å². The van der Waals surface area contributed by atoms with Gasteiger partial charge in [-0.05, 0) is 67.8 Å². The highest BCUT2D eigenvalue weighted by Gasteiger charge is 2.26. The summed E-state index contributed by atoms with van der Waals surface area (Å²) in [5.41, 5.74) is 0. The molecule has 0 saturated heterocycles. The molecule has 0 aromatic rings. The van der Waals surface area contributed by atoms with Crippen LogP contribution in [0.25, 0.3) is 0 Å². The van der Waals surface area contributed by atoms with E-state index in [1.165, 1.54) is 0 Å². The molecule has 0 spiro atoms. The molecule has 0 fully saturated rings. The zero-order valence-electron chi connectivity index (χ0n) is 4.04. The second-order valence-electron chi connectivity index (χ2n) is 1.08. The monoisotopic (exact) mass is 451 g/mol. The van der Waals surface area contributed by atoms with E-state index in [4.69, 9.17) is 0 Å². The van der Waals surface area contributed by atoms with Crippen molar-refractivity contribution in [1.29, 1.82) is 0 Å². The zero-order chi connectivity index (χ0) is 6.78. The Kier molecular flexibility index (Phi) is 4.51. The van der Waals surface area contributed by atoms with E-state index in [1.807, 2.05) is 0 Å². The normalized spacial score (nSPS) is 11.0. The first kappa shape index (κ1) is 9.66. The van der Waals surface area contributed by atoms with Crippen molar-refractivity contribution in [3.63, 3.8) is 0 Å². The second kappa shape index (κ2) is 3.74. The van der Waals surface area contributed by atoms with Gasteiger partial charge in [0.15, 0.2) is 0 Å². The summed E-state index contributed by atoms with van der Waals surface area (Å²) in [6, 6.07) is 0. The third kappa shape index (κ3) is 3.64. The predicted octanol–water partition coefficient (Wildman–Crippen LogP) is 1.69. The Morgan fingerprint density at radius 1 is 1.50 bits per heavy atom. The van der Waals surface area contributed by atoms with Gasteiger partial charge in [-0.3, -0.25) is 4.79 Å². The van der Waals surface area contributed by atoms with Crippen molar-refractivity contribution in [2.45, 2.75) is -0.565 Å². The van der Waals surface area contributed by atoms with E-state index < -0.39 is 0 Å². The summed E-state index contributed by atoms with van der Waals surface area (Å²) in [4.78, 5) is 10.7. The van der Waals surface area contributed by atoms with Gasteiger partial charge in [0, 0.05) is 7.05 Å². The minimum Gasteiger partial charge on any atom is -0.357 e. The maximum atomic E-state index is 10.7. The molecule has 0 aliphatic carbocycles. The van der Waals surface area contributed by atoms with Gasteiger partial charge in [-0.25, -0.2) is 0 Å². The number of alkyl halides is 3. The van der Waals surface area contributed by atoms with E-state index in [0.717, 1.165) is 0 Å². The van der Waals surface area contributed by atoms with Crippen LogP contribution in [0.5, 0.6) is 0 Å². The Bertz CT molecular complexity index is 97.2. The predicted molar refractivity (Wildman–Crippen MR) is 58.9 cm³/mol. The van der Waals surface area contributed by atoms with Crippen LogP contribution in [0.3, 0.4) is 0 Å². The minimum atomic E-state index is -0.331. The quantitative estimate of drug-likeness (QED) is 0.478. The molecule has 0 aromatic heterocycles. The Morgan fingerprint density at radius 3 is 1.88 bits per heavy atom. The largest absolute Gasteiger partial charge is 0.357 e. The summed E-state index contributed by atoms with van der Waals surface area (Å²) >= 11 is 6.19. The molecule has 0 bridgehead atoms. The molecule has 0 radical (unpaired) electrons. The molecule has 1 N–H and O–H groups in total. The number of hydrogen-bond acceptors (Lipinski definition) is 1. The zero-order valence-corrected chi connectivity index (χ0v) is 10.5. The van der Waals surface area contributed by atoms with Crippen molar-refractivity contribution in [2.24, 2.45) is 0 Å². The fourth-order valence-corrected chi connectivity index (χ4v) is 0.951. The minimum absolute atomic E-state index is 0.0410. The average Bonchev–Trinajstić information content (AvgIpc) is 1.62. The van der Waals surface area contributed by atoms with Gasteiger partial charge in [0.05, 0.1) is 0 Å². The smallest absolute Gasteiger partial charge is 0.255 e. The fourth-order valence-electron chi connectivity index (χ4n) is 0.142. The van der Waals surface area contributed by atoms with E-state index >= 15 is 0 Å². The van der Waals surface area contributed by atoms with E-state index in [9.17, 15) is 4.79 Å². The maximum Gasteiger partial charge on any atom is 0.255 e. The molecule has 0 rings (SSSR count). The van der Waals surface area contributed by atoms with Crippen LogP contribution in [-0.2, 0) is 4.79 Å². The van der Waals surface area contributed by atoms with Crippen molar-refractivity contribution in [3.8, 4) is 0 Å². The number of halogens is 3. The molecule has 0 aromatic carbocycles. The van der Waals surface area contributed by atoms with Gasteiger partial charge in [0.25, 0.3) is 5.91 Å². The number of hydrogen-bond donors (Lipinski definition) is 1. The molecule has 48 valence electrons. The highest BCUT2D eigenvalue weighted by Crippen LogP contribution is 2.35. The lowest BCUT2D eigenvalue weighted by molar-refractivity contribution is -0.118. The molecule has 0 heterocycles. The molecule has 5 heteroatoms. The summed E-state index contributed by atoms with van der Waals surface area (Å²) in [6.45, 7) is 0. The van der Waals surface area contributed by atoms with Crippen molar-refractivity contribution < 1.29 is 4.79 Å². The third-order valence-corrected chi connectivity index (χ3v) is 1.95. The molecule has 0 unspecified atom stereocenters. The van der Waals surface area contributed by atoms with Crippen molar-refractivity contribution in [3.05, 3.63) is 0 Å². The summed E-state index contributed by atoms with van der Waals surface area (Å²) < 4.78 is -0.331. The maximum absolute atomic E-state index is 10.7. The van der Waals surface area contributed by atoms with Gasteiger partial charge in [-0.15, -0.1) is 0 Å². The van der Waals surface area contributed by atoms with Gasteiger partial charge in [-0.2, -0.15) is 0 Å². The Hall–Kier alpha value is 1.66. The summed E-state index contributed by atoms with van der Waals surface area (Å²) in [5.74, 6) is 0.0410. The number of carbonyl (C=O) groups is 1. The summed E-state index contributed by atoms with van der Waals surface area (Å²) in [7, 11) is 1.63. The molecule has 0 atom stereocenters. The molecular weight excluding hydrogens is 447 g/mol. The number of carbonyl (C=O) groups excluding carboxylic acids is 1. The number of nitrogens with one attached hydrogen (secondary N) is 1. The van der Waals surface area contributed by atoms with E-state index in [-0.39, 0.29) is 5.34 Å². The number of amides is 1. The van der Waals surface area contributed by atoms with E-state index in [1.54, 1.807) is 7.05 Å². The lowest BCUT2D eigenvalue weighted by atomic mass is 10.7. The second-order valence-corrected chi connectivity index (χ2v) is 12.1. The van der Waals surface area contributed by atoms with Crippen LogP contribution in [-0.4, -0.2) is 12.4 Å². The first-order valence-electron chi connectivity index (χ1n) is 1.77. The number of rotatable bonds is 1. The van der Waals surface area contributed by atoms with Crippen LogP contribution in [0.1, 0.15) is 0 Å². The highest BCUT2D eigenvalue weighted by molar-refractivity contribution is 14.3. The Morgan fingerprint density at radius 2 is 1.88 bits per heavy atom. The van der Waals surface area contributed by atoms with Crippen LogP contribution in [0.15, 0.2) is 0 Å². The van der Waals surface area contributed by atoms with Crippen LogP contribution in [0.2, 0.25) is 0 Å². The van der Waals surface area contributed by atoms with Crippen LogP contribution in [0, 0.1) is 0 Å². The van der Waals surface area contributed by atoms with E-state index in [0.29, 0.717) is 0 Å². The topological polar surface area (TPSA) is 29.1 Å². The fraction of sp³-hybridized carbons (Fsp3) is 0.667. The molecule has 1 amide bonds. The van der Waals surface area contributed by atoms with Crippen LogP contribution >= 0.6 is 67.8 Å². The molecule has 2 nitrogen and oxygen atoms in total. The molecule has 0 aliphatic heterocycles. The molecule has 0 aliphatic rings. The van der Waals surface area contributed by atoms with Gasteiger partial charge < -0.3 is 5.32 Å². The molecule has 0 saturated carbocycles. The van der Waals surface area contributed by atoms with Gasteiger partial charge in [0.2, 0.25) is -0.565 Å². The highest BCUT2D eigenvalue weighted by atomic mass is 127. The first-order valence-corrected chi connectivity index (χ1v) is 5.01. The van der Waals surface area contributed by atoms with Gasteiger partial charge >= 0.3 is 0 Å². The van der Waals surface area contributed by atoms with Gasteiger partial charge in [0.1, 0.15) is 0 Å². The Labute approximate surface area is 89.0 Å². The van der Waals surface area contributed by atoms with Gasteiger partial charge in [-0.1, -0.05) is 0 Å². The summed E-state index contributed by atoms with van der Waals surface area (Å²) in [6.07, 6.45) is 0. The third-order valence-electron chi connectivity index (χ3n) is 0.485.